The Morgan fingerprint density at radius 3 is 2.52 bits per heavy atom. The summed E-state index contributed by atoms with van der Waals surface area (Å²) in [5.41, 5.74) is 0.764. The number of piperidine rings is 1. The van der Waals surface area contributed by atoms with Crippen molar-refractivity contribution < 1.29 is 9.53 Å². The number of carbonyl (C=O) groups is 1. The van der Waals surface area contributed by atoms with Gasteiger partial charge in [0.15, 0.2) is 0 Å². The first-order valence-corrected chi connectivity index (χ1v) is 8.06. The summed E-state index contributed by atoms with van der Waals surface area (Å²) in [6, 6.07) is 8.09. The highest BCUT2D eigenvalue weighted by molar-refractivity contribution is 9.10. The molecule has 0 unspecified atom stereocenters. The van der Waals surface area contributed by atoms with E-state index in [9.17, 15) is 4.79 Å². The largest absolute Gasteiger partial charge is 0.384 e. The van der Waals surface area contributed by atoms with Crippen LogP contribution in [0.25, 0.3) is 0 Å². The Bertz CT molecular complexity index is 464. The summed E-state index contributed by atoms with van der Waals surface area (Å²) >= 11 is 3.43. The first-order chi connectivity index (χ1) is 10.1. The van der Waals surface area contributed by atoms with Crippen LogP contribution in [0.5, 0.6) is 0 Å². The van der Waals surface area contributed by atoms with Gasteiger partial charge in [0.2, 0.25) is 5.91 Å². The average Bonchev–Trinajstić information content (AvgIpc) is 2.50. The molecule has 1 aliphatic rings. The van der Waals surface area contributed by atoms with Crippen molar-refractivity contribution in [3.63, 3.8) is 0 Å². The second-order valence-electron chi connectivity index (χ2n) is 5.75. The number of halogens is 1. The molecule has 1 aromatic carbocycles. The van der Waals surface area contributed by atoms with Crippen molar-refractivity contribution >= 4 is 21.8 Å². The lowest BCUT2D eigenvalue weighted by Gasteiger charge is -2.38. The molecular formula is C16H23BrN2O2. The van der Waals surface area contributed by atoms with Gasteiger partial charge in [-0.15, -0.1) is 0 Å². The van der Waals surface area contributed by atoms with E-state index in [-0.39, 0.29) is 11.3 Å². The van der Waals surface area contributed by atoms with Crippen LogP contribution in [0.3, 0.4) is 0 Å². The molecule has 0 aromatic heterocycles. The minimum Gasteiger partial charge on any atom is -0.384 e. The molecule has 0 radical (unpaired) electrons. The van der Waals surface area contributed by atoms with Crippen LogP contribution in [0.2, 0.25) is 0 Å². The van der Waals surface area contributed by atoms with Crippen LogP contribution < -0.4 is 5.32 Å². The maximum atomic E-state index is 12.9. The summed E-state index contributed by atoms with van der Waals surface area (Å²) in [4.78, 5) is 14.7. The molecule has 116 valence electrons. The van der Waals surface area contributed by atoms with E-state index in [0.29, 0.717) is 13.2 Å². The molecule has 0 spiro atoms. The van der Waals surface area contributed by atoms with E-state index < -0.39 is 0 Å². The van der Waals surface area contributed by atoms with Gasteiger partial charge in [-0.05, 0) is 43.6 Å². The molecule has 5 heteroatoms. The molecular weight excluding hydrogens is 332 g/mol. The Morgan fingerprint density at radius 1 is 1.33 bits per heavy atom. The van der Waals surface area contributed by atoms with Crippen molar-refractivity contribution in [1.29, 1.82) is 0 Å². The average molecular weight is 355 g/mol. The number of nitrogens with one attached hydrogen (secondary N) is 1. The van der Waals surface area contributed by atoms with Gasteiger partial charge in [-0.2, -0.15) is 0 Å². The Kier molecular flexibility index (Phi) is 5.79. The maximum absolute atomic E-state index is 12.9. The maximum Gasteiger partial charge on any atom is 0.231 e. The summed E-state index contributed by atoms with van der Waals surface area (Å²) in [5.74, 6) is 0.189. The molecule has 2 rings (SSSR count). The SMILES string of the molecule is COCC1(C(=O)N(C)Cc2ccc(Br)cc2)CCNCC1. The third kappa shape index (κ3) is 4.05. The van der Waals surface area contributed by atoms with Crippen molar-refractivity contribution in [2.24, 2.45) is 5.41 Å². The highest BCUT2D eigenvalue weighted by Gasteiger charge is 2.41. The molecule has 1 fully saturated rings. The second kappa shape index (κ2) is 7.38. The fourth-order valence-electron chi connectivity index (χ4n) is 2.94. The number of nitrogens with zero attached hydrogens (tertiary/aromatic N) is 1. The van der Waals surface area contributed by atoms with Gasteiger partial charge in [-0.1, -0.05) is 28.1 Å². The fourth-order valence-corrected chi connectivity index (χ4v) is 3.21. The second-order valence-corrected chi connectivity index (χ2v) is 6.67. The van der Waals surface area contributed by atoms with Crippen molar-refractivity contribution in [2.75, 3.05) is 33.9 Å². The smallest absolute Gasteiger partial charge is 0.231 e. The third-order valence-electron chi connectivity index (χ3n) is 4.11. The molecule has 0 atom stereocenters. The van der Waals surface area contributed by atoms with E-state index in [1.165, 1.54) is 0 Å². The molecule has 1 amide bonds. The first-order valence-electron chi connectivity index (χ1n) is 7.27. The van der Waals surface area contributed by atoms with Gasteiger partial charge in [0.25, 0.3) is 0 Å². The number of methoxy groups -OCH3 is 1. The van der Waals surface area contributed by atoms with E-state index in [1.807, 2.05) is 36.2 Å². The van der Waals surface area contributed by atoms with E-state index in [0.717, 1.165) is 36.0 Å². The quantitative estimate of drug-likeness (QED) is 0.882. The molecule has 4 nitrogen and oxygen atoms in total. The van der Waals surface area contributed by atoms with Gasteiger partial charge >= 0.3 is 0 Å². The Balaban J connectivity index is 2.07. The molecule has 1 aliphatic heterocycles. The normalized spacial score (nSPS) is 17.5. The summed E-state index contributed by atoms with van der Waals surface area (Å²) in [6.45, 7) is 2.88. The van der Waals surface area contributed by atoms with Gasteiger partial charge in [0.05, 0.1) is 12.0 Å². The van der Waals surface area contributed by atoms with Gasteiger partial charge < -0.3 is 15.0 Å². The zero-order chi connectivity index (χ0) is 15.3. The molecule has 0 aliphatic carbocycles. The van der Waals surface area contributed by atoms with Crippen LogP contribution in [0.4, 0.5) is 0 Å². The number of amides is 1. The monoisotopic (exact) mass is 354 g/mol. The van der Waals surface area contributed by atoms with Crippen LogP contribution in [0.15, 0.2) is 28.7 Å². The van der Waals surface area contributed by atoms with Crippen molar-refractivity contribution in [2.45, 2.75) is 19.4 Å². The van der Waals surface area contributed by atoms with Gasteiger partial charge in [0, 0.05) is 25.2 Å². The highest BCUT2D eigenvalue weighted by Crippen LogP contribution is 2.31. The standard InChI is InChI=1S/C16H23BrN2O2/c1-19(11-13-3-5-14(17)6-4-13)15(20)16(12-21-2)7-9-18-10-8-16/h3-6,18H,7-12H2,1-2H3. The Labute approximate surface area is 135 Å². The first kappa shape index (κ1) is 16.5. The zero-order valence-corrected chi connectivity index (χ0v) is 14.3. The number of ether oxygens (including phenoxy) is 1. The highest BCUT2D eigenvalue weighted by atomic mass is 79.9. The van der Waals surface area contributed by atoms with Crippen LogP contribution in [0.1, 0.15) is 18.4 Å². The third-order valence-corrected chi connectivity index (χ3v) is 4.64. The summed E-state index contributed by atoms with van der Waals surface area (Å²) in [6.07, 6.45) is 1.68. The summed E-state index contributed by atoms with van der Waals surface area (Å²) in [5, 5.41) is 3.32. The topological polar surface area (TPSA) is 41.6 Å². The number of hydrogen-bond donors (Lipinski definition) is 1. The lowest BCUT2D eigenvalue weighted by Crippen LogP contribution is -2.50. The number of carbonyl (C=O) groups excluding carboxylic acids is 1. The Hall–Kier alpha value is -0.910. The molecule has 1 heterocycles. The molecule has 0 saturated carbocycles. The summed E-state index contributed by atoms with van der Waals surface area (Å²) < 4.78 is 6.39. The van der Waals surface area contributed by atoms with Gasteiger partial charge in [-0.3, -0.25) is 4.79 Å². The predicted molar refractivity (Wildman–Crippen MR) is 87.0 cm³/mol. The molecule has 1 N–H and O–H groups in total. The molecule has 0 bridgehead atoms. The lowest BCUT2D eigenvalue weighted by atomic mass is 9.78. The van der Waals surface area contributed by atoms with E-state index in [1.54, 1.807) is 7.11 Å². The minimum atomic E-state index is -0.371. The van der Waals surface area contributed by atoms with E-state index >= 15 is 0 Å². The van der Waals surface area contributed by atoms with Crippen molar-refractivity contribution in [1.82, 2.24) is 10.2 Å². The summed E-state index contributed by atoms with van der Waals surface area (Å²) in [7, 11) is 3.55. The Morgan fingerprint density at radius 2 is 1.95 bits per heavy atom. The lowest BCUT2D eigenvalue weighted by molar-refractivity contribution is -0.146. The molecule has 1 saturated heterocycles. The van der Waals surface area contributed by atoms with Crippen LogP contribution in [-0.2, 0) is 16.1 Å². The van der Waals surface area contributed by atoms with Crippen LogP contribution >= 0.6 is 15.9 Å². The number of hydrogen-bond acceptors (Lipinski definition) is 3. The van der Waals surface area contributed by atoms with Crippen LogP contribution in [-0.4, -0.2) is 44.7 Å². The van der Waals surface area contributed by atoms with E-state index in [4.69, 9.17) is 4.74 Å². The molecule has 1 aromatic rings. The van der Waals surface area contributed by atoms with Gasteiger partial charge in [0.1, 0.15) is 0 Å². The van der Waals surface area contributed by atoms with E-state index in [2.05, 4.69) is 21.2 Å². The zero-order valence-electron chi connectivity index (χ0n) is 12.7. The van der Waals surface area contributed by atoms with Crippen molar-refractivity contribution in [3.8, 4) is 0 Å². The molecule has 21 heavy (non-hydrogen) atoms. The number of rotatable bonds is 5. The number of benzene rings is 1. The van der Waals surface area contributed by atoms with Gasteiger partial charge in [-0.25, -0.2) is 0 Å². The predicted octanol–water partition coefficient (Wildman–Crippen LogP) is 2.42. The fraction of sp³-hybridized carbons (Fsp3) is 0.562. The van der Waals surface area contributed by atoms with Crippen LogP contribution in [0, 0.1) is 5.41 Å². The van der Waals surface area contributed by atoms with Crippen molar-refractivity contribution in [3.05, 3.63) is 34.3 Å². The minimum absolute atomic E-state index is 0.189.